The first kappa shape index (κ1) is 30.3. The SMILES string of the molecule is Cc1cccc(-n2c(C)csc2=NC(=O)NC2CC2c2ccc(-c3ncn(-c4ccc(OC(F)(F)F)cc4)n3)cc2)c1C(C)C. The Labute approximate surface area is 261 Å². The van der Waals surface area contributed by atoms with E-state index in [2.05, 4.69) is 62.6 Å². The summed E-state index contributed by atoms with van der Waals surface area (Å²) in [5, 5.41) is 9.54. The molecule has 0 spiro atoms. The van der Waals surface area contributed by atoms with E-state index in [1.807, 2.05) is 42.6 Å². The number of thiazole rings is 1. The van der Waals surface area contributed by atoms with Gasteiger partial charge in [-0.15, -0.1) is 29.6 Å². The van der Waals surface area contributed by atoms with Crippen LogP contribution in [0, 0.1) is 13.8 Å². The zero-order chi connectivity index (χ0) is 31.9. The quantitative estimate of drug-likeness (QED) is 0.200. The molecule has 1 N–H and O–H groups in total. The second-order valence-electron chi connectivity index (χ2n) is 11.3. The minimum Gasteiger partial charge on any atom is -0.406 e. The molecule has 0 bridgehead atoms. The molecule has 1 saturated carbocycles. The fraction of sp³-hybridized carbons (Fsp3) is 0.273. The number of rotatable bonds is 7. The van der Waals surface area contributed by atoms with Gasteiger partial charge in [-0.3, -0.25) is 4.57 Å². The van der Waals surface area contributed by atoms with E-state index in [1.165, 1.54) is 57.7 Å². The minimum absolute atomic E-state index is 0.00608. The van der Waals surface area contributed by atoms with E-state index in [0.717, 1.165) is 28.9 Å². The molecule has 12 heteroatoms. The first-order valence-electron chi connectivity index (χ1n) is 14.5. The van der Waals surface area contributed by atoms with Gasteiger partial charge in [0.15, 0.2) is 10.6 Å². The topological polar surface area (TPSA) is 86.3 Å². The number of halogens is 3. The molecule has 8 nitrogen and oxygen atoms in total. The highest BCUT2D eigenvalue weighted by atomic mass is 32.1. The smallest absolute Gasteiger partial charge is 0.406 e. The van der Waals surface area contributed by atoms with E-state index < -0.39 is 6.36 Å². The van der Waals surface area contributed by atoms with Gasteiger partial charge in [-0.05, 0) is 73.2 Å². The zero-order valence-electron chi connectivity index (χ0n) is 25.0. The number of benzene rings is 3. The van der Waals surface area contributed by atoms with E-state index in [-0.39, 0.29) is 23.7 Å². The number of alkyl halides is 3. The van der Waals surface area contributed by atoms with Crippen molar-refractivity contribution >= 4 is 17.4 Å². The van der Waals surface area contributed by atoms with Crippen LogP contribution in [0.4, 0.5) is 18.0 Å². The lowest BCUT2D eigenvalue weighted by Gasteiger charge is -2.17. The van der Waals surface area contributed by atoms with Gasteiger partial charge in [0.2, 0.25) is 0 Å². The van der Waals surface area contributed by atoms with Crippen LogP contribution in [0.1, 0.15) is 54.5 Å². The summed E-state index contributed by atoms with van der Waals surface area (Å²) in [6.07, 6.45) is -2.43. The van der Waals surface area contributed by atoms with Gasteiger partial charge in [0.05, 0.1) is 11.4 Å². The number of carbonyl (C=O) groups excluding carboxylic acids is 1. The number of hydrogen-bond donors (Lipinski definition) is 1. The van der Waals surface area contributed by atoms with Crippen molar-refractivity contribution in [3.05, 3.63) is 106 Å². The molecule has 2 heterocycles. The van der Waals surface area contributed by atoms with Crippen LogP contribution < -0.4 is 14.9 Å². The highest BCUT2D eigenvalue weighted by Crippen LogP contribution is 2.41. The average Bonchev–Trinajstić information content (AvgIpc) is 3.38. The third kappa shape index (κ3) is 6.70. The Balaban J connectivity index is 1.11. The third-order valence-corrected chi connectivity index (χ3v) is 8.66. The lowest BCUT2D eigenvalue weighted by atomic mass is 9.96. The van der Waals surface area contributed by atoms with Crippen molar-refractivity contribution in [2.75, 3.05) is 0 Å². The van der Waals surface area contributed by atoms with E-state index >= 15 is 0 Å². The number of aromatic nitrogens is 4. The maximum atomic E-state index is 13.0. The van der Waals surface area contributed by atoms with Gasteiger partial charge < -0.3 is 10.1 Å². The summed E-state index contributed by atoms with van der Waals surface area (Å²) in [7, 11) is 0. The van der Waals surface area contributed by atoms with Gasteiger partial charge in [0, 0.05) is 28.6 Å². The van der Waals surface area contributed by atoms with Crippen molar-refractivity contribution in [2.45, 2.75) is 58.4 Å². The maximum absolute atomic E-state index is 13.0. The Hall–Kier alpha value is -4.71. The fourth-order valence-electron chi connectivity index (χ4n) is 5.58. The molecular formula is C33H31F3N6O2S. The van der Waals surface area contributed by atoms with Crippen molar-refractivity contribution < 1.29 is 22.7 Å². The Morgan fingerprint density at radius 2 is 1.80 bits per heavy atom. The molecule has 2 atom stereocenters. The lowest BCUT2D eigenvalue weighted by Crippen LogP contribution is -2.27. The highest BCUT2D eigenvalue weighted by Gasteiger charge is 2.39. The van der Waals surface area contributed by atoms with Crippen LogP contribution >= 0.6 is 11.3 Å². The summed E-state index contributed by atoms with van der Waals surface area (Å²) in [6, 6.07) is 19.1. The minimum atomic E-state index is -4.75. The summed E-state index contributed by atoms with van der Waals surface area (Å²) in [6.45, 7) is 8.47. The van der Waals surface area contributed by atoms with Crippen LogP contribution in [0.5, 0.6) is 5.75 Å². The molecule has 232 valence electrons. The number of ether oxygens (including phenoxy) is 1. The van der Waals surface area contributed by atoms with Gasteiger partial charge in [-0.25, -0.2) is 14.5 Å². The second-order valence-corrected chi connectivity index (χ2v) is 12.2. The number of hydrogen-bond acceptors (Lipinski definition) is 5. The Bertz CT molecular complexity index is 1910. The summed E-state index contributed by atoms with van der Waals surface area (Å²) in [5.74, 6) is 0.675. The van der Waals surface area contributed by atoms with Gasteiger partial charge in [0.1, 0.15) is 12.1 Å². The van der Waals surface area contributed by atoms with Crippen LogP contribution in [0.3, 0.4) is 0 Å². The van der Waals surface area contributed by atoms with Crippen molar-refractivity contribution in [3.8, 4) is 28.5 Å². The first-order chi connectivity index (χ1) is 21.5. The molecule has 0 radical (unpaired) electrons. The molecule has 1 fully saturated rings. The molecule has 5 aromatic rings. The number of nitrogens with one attached hydrogen (secondary N) is 1. The summed E-state index contributed by atoms with van der Waals surface area (Å²) in [5.41, 5.74) is 6.95. The van der Waals surface area contributed by atoms with Crippen molar-refractivity contribution in [3.63, 3.8) is 0 Å². The summed E-state index contributed by atoms with van der Waals surface area (Å²) >= 11 is 1.45. The molecule has 45 heavy (non-hydrogen) atoms. The van der Waals surface area contributed by atoms with Gasteiger partial charge >= 0.3 is 12.4 Å². The fourth-order valence-corrected chi connectivity index (χ4v) is 6.44. The normalized spacial score (nSPS) is 16.7. The second kappa shape index (κ2) is 12.0. The van der Waals surface area contributed by atoms with Crippen molar-refractivity contribution in [2.24, 2.45) is 4.99 Å². The van der Waals surface area contributed by atoms with Gasteiger partial charge in [-0.2, -0.15) is 4.99 Å². The molecule has 1 aliphatic rings. The van der Waals surface area contributed by atoms with Gasteiger partial charge in [-0.1, -0.05) is 50.2 Å². The largest absolute Gasteiger partial charge is 0.573 e. The van der Waals surface area contributed by atoms with Gasteiger partial charge in [0.25, 0.3) is 0 Å². The summed E-state index contributed by atoms with van der Waals surface area (Å²) < 4.78 is 44.8. The molecule has 2 unspecified atom stereocenters. The van der Waals surface area contributed by atoms with E-state index in [9.17, 15) is 18.0 Å². The molecule has 1 aliphatic carbocycles. The number of aryl methyl sites for hydroxylation is 2. The molecule has 2 aromatic heterocycles. The zero-order valence-corrected chi connectivity index (χ0v) is 25.9. The number of amides is 2. The van der Waals surface area contributed by atoms with Crippen molar-refractivity contribution in [1.82, 2.24) is 24.6 Å². The van der Waals surface area contributed by atoms with Crippen molar-refractivity contribution in [1.29, 1.82) is 0 Å². The molecule has 6 rings (SSSR count). The van der Waals surface area contributed by atoms with Crippen LogP contribution in [-0.2, 0) is 0 Å². The number of urea groups is 1. The Kier molecular flexibility index (Phi) is 8.08. The van der Waals surface area contributed by atoms with Crippen LogP contribution in [0.2, 0.25) is 0 Å². The molecule has 0 saturated heterocycles. The molecule has 3 aromatic carbocycles. The molecule has 0 aliphatic heterocycles. The van der Waals surface area contributed by atoms with Crippen LogP contribution in [0.25, 0.3) is 22.8 Å². The highest BCUT2D eigenvalue weighted by molar-refractivity contribution is 7.07. The number of nitrogens with zero attached hydrogens (tertiary/aromatic N) is 5. The predicted octanol–water partition coefficient (Wildman–Crippen LogP) is 7.59. The Morgan fingerprint density at radius 3 is 2.49 bits per heavy atom. The van der Waals surface area contributed by atoms with Crippen LogP contribution in [0.15, 0.2) is 83.4 Å². The number of carbonyl (C=O) groups is 1. The lowest BCUT2D eigenvalue weighted by molar-refractivity contribution is -0.274. The first-order valence-corrected chi connectivity index (χ1v) is 15.4. The average molecular weight is 633 g/mol. The van der Waals surface area contributed by atoms with E-state index in [1.54, 1.807) is 0 Å². The standard InChI is InChI=1S/C33H31F3N6O2S/c1-19(2)29-20(3)6-5-7-28(29)42-21(4)17-45-32(42)39-31(43)38-27-16-26(27)22-8-10-23(11-9-22)30-37-18-41(40-30)24-12-14-25(15-13-24)44-33(34,35)36/h5-15,17-19,26-27H,16H2,1-4H3,(H,38,43). The van der Waals surface area contributed by atoms with E-state index in [0.29, 0.717) is 22.2 Å². The Morgan fingerprint density at radius 1 is 1.07 bits per heavy atom. The van der Waals surface area contributed by atoms with E-state index in [4.69, 9.17) is 0 Å². The maximum Gasteiger partial charge on any atom is 0.573 e. The third-order valence-electron chi connectivity index (χ3n) is 7.72. The molecule has 2 amide bonds. The molecular weight excluding hydrogens is 601 g/mol. The summed E-state index contributed by atoms with van der Waals surface area (Å²) in [4.78, 5) is 22.4. The monoisotopic (exact) mass is 632 g/mol. The predicted molar refractivity (Wildman–Crippen MR) is 166 cm³/mol. The van der Waals surface area contributed by atoms with Crippen LogP contribution in [-0.4, -0.2) is 37.8 Å².